The van der Waals surface area contributed by atoms with Crippen LogP contribution in [0, 0.1) is 0 Å². The zero-order valence-electron chi connectivity index (χ0n) is 18.3. The first-order valence-electron chi connectivity index (χ1n) is 11.4. The Labute approximate surface area is 180 Å². The number of para-hydroxylation sites is 1. The van der Waals surface area contributed by atoms with Crippen molar-refractivity contribution < 1.29 is 4.79 Å². The quantitative estimate of drug-likeness (QED) is 0.207. The van der Waals surface area contributed by atoms with Crippen molar-refractivity contribution in [2.75, 3.05) is 52.4 Å². The topological polar surface area (TPSA) is 107 Å². The van der Waals surface area contributed by atoms with Crippen LogP contribution in [0.1, 0.15) is 37.7 Å². The van der Waals surface area contributed by atoms with Crippen molar-refractivity contribution in [1.29, 1.82) is 0 Å². The number of amides is 1. The lowest BCUT2D eigenvalue weighted by Crippen LogP contribution is -2.27. The lowest BCUT2D eigenvalue weighted by molar-refractivity contribution is -0.120. The van der Waals surface area contributed by atoms with E-state index in [-0.39, 0.29) is 5.91 Å². The van der Waals surface area contributed by atoms with Gasteiger partial charge in [0, 0.05) is 23.6 Å². The Kier molecular flexibility index (Phi) is 12.9. The summed E-state index contributed by atoms with van der Waals surface area (Å²) in [6.07, 6.45) is 7.79. The Bertz CT molecular complexity index is 702. The van der Waals surface area contributed by atoms with E-state index in [9.17, 15) is 4.79 Å². The molecule has 0 bridgehead atoms. The SMILES string of the molecule is NCCCNCCCNCCCNCCCCNC(=O)Cc1c[nH]c2ccccc12. The molecule has 30 heavy (non-hydrogen) atoms. The maximum atomic E-state index is 12.1. The van der Waals surface area contributed by atoms with Gasteiger partial charge in [-0.2, -0.15) is 0 Å². The molecule has 1 heterocycles. The molecule has 7 heteroatoms. The molecule has 0 aliphatic rings. The predicted octanol–water partition coefficient (Wildman–Crippen LogP) is 1.50. The fraction of sp³-hybridized carbons (Fsp3) is 0.609. The first-order valence-corrected chi connectivity index (χ1v) is 11.4. The van der Waals surface area contributed by atoms with E-state index in [2.05, 4.69) is 32.3 Å². The van der Waals surface area contributed by atoms with Crippen molar-refractivity contribution >= 4 is 16.8 Å². The summed E-state index contributed by atoms with van der Waals surface area (Å²) in [5, 5.41) is 14.5. The summed E-state index contributed by atoms with van der Waals surface area (Å²) in [5.41, 5.74) is 7.59. The van der Waals surface area contributed by atoms with Gasteiger partial charge in [0.2, 0.25) is 5.91 Å². The van der Waals surface area contributed by atoms with Gasteiger partial charge < -0.3 is 32.0 Å². The number of aromatic amines is 1. The van der Waals surface area contributed by atoms with E-state index in [1.807, 2.05) is 24.4 Å². The Hall–Kier alpha value is -1.93. The maximum Gasteiger partial charge on any atom is 0.224 e. The highest BCUT2D eigenvalue weighted by molar-refractivity contribution is 5.88. The smallest absolute Gasteiger partial charge is 0.224 e. The highest BCUT2D eigenvalue weighted by atomic mass is 16.1. The Morgan fingerprint density at radius 1 is 0.800 bits per heavy atom. The van der Waals surface area contributed by atoms with Crippen LogP contribution in [-0.2, 0) is 11.2 Å². The number of rotatable bonds is 18. The lowest BCUT2D eigenvalue weighted by Gasteiger charge is -2.08. The number of benzene rings is 1. The number of aromatic nitrogens is 1. The summed E-state index contributed by atoms with van der Waals surface area (Å²) in [6, 6.07) is 8.09. The predicted molar refractivity (Wildman–Crippen MR) is 126 cm³/mol. The van der Waals surface area contributed by atoms with Gasteiger partial charge in [-0.25, -0.2) is 0 Å². The molecule has 0 saturated carbocycles. The first kappa shape index (κ1) is 24.3. The van der Waals surface area contributed by atoms with Gasteiger partial charge in [-0.15, -0.1) is 0 Å². The number of nitrogens with two attached hydrogens (primary N) is 1. The van der Waals surface area contributed by atoms with Crippen molar-refractivity contribution in [3.05, 3.63) is 36.0 Å². The van der Waals surface area contributed by atoms with Gasteiger partial charge in [0.05, 0.1) is 6.42 Å². The van der Waals surface area contributed by atoms with Crippen LogP contribution in [0.15, 0.2) is 30.5 Å². The molecule has 0 fully saturated rings. The second-order valence-electron chi connectivity index (χ2n) is 7.69. The molecule has 2 rings (SSSR count). The largest absolute Gasteiger partial charge is 0.361 e. The van der Waals surface area contributed by atoms with Gasteiger partial charge in [-0.05, 0) is 89.5 Å². The third-order valence-electron chi connectivity index (χ3n) is 5.10. The Morgan fingerprint density at radius 3 is 2.10 bits per heavy atom. The highest BCUT2D eigenvalue weighted by Crippen LogP contribution is 2.17. The number of hydrogen-bond acceptors (Lipinski definition) is 5. The molecule has 0 unspecified atom stereocenters. The molecule has 7 N–H and O–H groups in total. The molecule has 0 aliphatic carbocycles. The van der Waals surface area contributed by atoms with E-state index in [4.69, 9.17) is 5.73 Å². The van der Waals surface area contributed by atoms with Crippen LogP contribution in [0.3, 0.4) is 0 Å². The molecule has 1 aromatic heterocycles. The minimum absolute atomic E-state index is 0.0911. The number of H-pyrrole nitrogens is 1. The van der Waals surface area contributed by atoms with Gasteiger partial charge in [0.1, 0.15) is 0 Å². The van der Waals surface area contributed by atoms with Crippen molar-refractivity contribution in [1.82, 2.24) is 26.3 Å². The summed E-state index contributed by atoms with van der Waals surface area (Å²) < 4.78 is 0. The van der Waals surface area contributed by atoms with E-state index in [1.165, 1.54) is 0 Å². The minimum Gasteiger partial charge on any atom is -0.361 e. The summed E-state index contributed by atoms with van der Waals surface area (Å²) in [6.45, 7) is 7.74. The number of carbonyl (C=O) groups is 1. The van der Waals surface area contributed by atoms with Crippen LogP contribution >= 0.6 is 0 Å². The maximum absolute atomic E-state index is 12.1. The van der Waals surface area contributed by atoms with Crippen molar-refractivity contribution in [2.45, 2.75) is 38.5 Å². The zero-order valence-corrected chi connectivity index (χ0v) is 18.3. The lowest BCUT2D eigenvalue weighted by atomic mass is 10.1. The number of unbranched alkanes of at least 4 members (excludes halogenated alkanes) is 1. The molecule has 1 aromatic carbocycles. The second-order valence-corrected chi connectivity index (χ2v) is 7.69. The summed E-state index contributed by atoms with van der Waals surface area (Å²) >= 11 is 0. The van der Waals surface area contributed by atoms with Gasteiger partial charge in [-0.3, -0.25) is 4.79 Å². The van der Waals surface area contributed by atoms with Crippen LogP contribution < -0.4 is 27.0 Å². The van der Waals surface area contributed by atoms with E-state index < -0.39 is 0 Å². The van der Waals surface area contributed by atoms with Gasteiger partial charge in [-0.1, -0.05) is 18.2 Å². The summed E-state index contributed by atoms with van der Waals surface area (Å²) in [4.78, 5) is 15.4. The van der Waals surface area contributed by atoms with Crippen molar-refractivity contribution in [3.63, 3.8) is 0 Å². The average molecular weight is 417 g/mol. The number of carbonyl (C=O) groups excluding carboxylic acids is 1. The third-order valence-corrected chi connectivity index (χ3v) is 5.10. The first-order chi connectivity index (χ1) is 14.8. The van der Waals surface area contributed by atoms with Crippen LogP contribution in [0.4, 0.5) is 0 Å². The van der Waals surface area contributed by atoms with E-state index in [0.29, 0.717) is 6.42 Å². The molecule has 1 amide bonds. The monoisotopic (exact) mass is 416 g/mol. The Balaban J connectivity index is 1.35. The van der Waals surface area contributed by atoms with Crippen molar-refractivity contribution in [2.24, 2.45) is 5.73 Å². The fourth-order valence-corrected chi connectivity index (χ4v) is 3.39. The van der Waals surface area contributed by atoms with Crippen LogP contribution in [0.5, 0.6) is 0 Å². The van der Waals surface area contributed by atoms with Crippen LogP contribution in [-0.4, -0.2) is 63.2 Å². The molecular formula is C23H40N6O. The minimum atomic E-state index is 0.0911. The van der Waals surface area contributed by atoms with E-state index >= 15 is 0 Å². The third kappa shape index (κ3) is 10.2. The van der Waals surface area contributed by atoms with Crippen molar-refractivity contribution in [3.8, 4) is 0 Å². The normalized spacial score (nSPS) is 11.2. The zero-order chi connectivity index (χ0) is 21.3. The molecule has 168 valence electrons. The molecule has 0 saturated heterocycles. The summed E-state index contributed by atoms with van der Waals surface area (Å²) in [7, 11) is 0. The molecule has 2 aromatic rings. The standard InChI is InChI=1S/C23H40N6O/c24-10-5-12-26-14-7-16-27-15-6-13-25-11-3-4-17-28-23(30)18-20-19-29-22-9-2-1-8-21(20)22/h1-2,8-9,19,25-27,29H,3-7,10-18,24H2,(H,28,30). The highest BCUT2D eigenvalue weighted by Gasteiger charge is 2.07. The molecule has 7 nitrogen and oxygen atoms in total. The average Bonchev–Trinajstić information content (AvgIpc) is 3.16. The number of hydrogen-bond donors (Lipinski definition) is 6. The summed E-state index contributed by atoms with van der Waals surface area (Å²) in [5.74, 6) is 0.0911. The van der Waals surface area contributed by atoms with Gasteiger partial charge >= 0.3 is 0 Å². The molecular weight excluding hydrogens is 376 g/mol. The number of nitrogens with one attached hydrogen (secondary N) is 5. The number of fused-ring (bicyclic) bond motifs is 1. The van der Waals surface area contributed by atoms with E-state index in [0.717, 1.165) is 101 Å². The van der Waals surface area contributed by atoms with Gasteiger partial charge in [0.15, 0.2) is 0 Å². The van der Waals surface area contributed by atoms with Crippen LogP contribution in [0.25, 0.3) is 10.9 Å². The second kappa shape index (κ2) is 15.8. The van der Waals surface area contributed by atoms with E-state index in [1.54, 1.807) is 0 Å². The molecule has 0 radical (unpaired) electrons. The van der Waals surface area contributed by atoms with Crippen LogP contribution in [0.2, 0.25) is 0 Å². The fourth-order valence-electron chi connectivity index (χ4n) is 3.39. The molecule has 0 aliphatic heterocycles. The van der Waals surface area contributed by atoms with Gasteiger partial charge in [0.25, 0.3) is 0 Å². The molecule has 0 spiro atoms. The Morgan fingerprint density at radius 2 is 1.40 bits per heavy atom. The molecule has 0 atom stereocenters.